The Hall–Kier alpha value is -2.67. The molecule has 2 heterocycles. The normalized spacial score (nSPS) is 15.6. The molecule has 1 unspecified atom stereocenters. The second kappa shape index (κ2) is 10.3. The molecule has 1 N–H and O–H groups in total. The smallest absolute Gasteiger partial charge is 0.273 e. The maximum Gasteiger partial charge on any atom is 0.273 e. The predicted octanol–water partition coefficient (Wildman–Crippen LogP) is 4.92. The van der Waals surface area contributed by atoms with Gasteiger partial charge >= 0.3 is 0 Å². The zero-order valence-corrected chi connectivity index (χ0v) is 19.1. The monoisotopic (exact) mass is 453 g/mol. The first-order chi connectivity index (χ1) is 15.5. The summed E-state index contributed by atoms with van der Waals surface area (Å²) in [4.78, 5) is 15.2. The van der Waals surface area contributed by atoms with Crippen LogP contribution in [-0.2, 0) is 4.74 Å². The molecule has 0 bridgehead atoms. The van der Waals surface area contributed by atoms with Crippen molar-refractivity contribution in [1.29, 1.82) is 0 Å². The molecule has 0 saturated carbocycles. The molecule has 7 heteroatoms. The highest BCUT2D eigenvalue weighted by atomic mass is 35.5. The van der Waals surface area contributed by atoms with Crippen LogP contribution in [0.15, 0.2) is 59.1 Å². The standard InChI is InChI=1S/C25H28ClN3O3/c1-17(2)18-3-5-19(6-4-18)23(29-11-13-31-14-12-29)16-27-25(30)22-15-24(32-28-22)20-7-9-21(26)10-8-20/h3-10,15,17,23H,11-14,16H2,1-2H3,(H,27,30). The Morgan fingerprint density at radius 3 is 2.38 bits per heavy atom. The highest BCUT2D eigenvalue weighted by Crippen LogP contribution is 2.25. The van der Waals surface area contributed by atoms with Crippen molar-refractivity contribution in [2.24, 2.45) is 0 Å². The molecule has 3 aromatic rings. The van der Waals surface area contributed by atoms with Gasteiger partial charge in [-0.25, -0.2) is 0 Å². The largest absolute Gasteiger partial charge is 0.379 e. The summed E-state index contributed by atoms with van der Waals surface area (Å²) >= 11 is 5.94. The van der Waals surface area contributed by atoms with Gasteiger partial charge in [0, 0.05) is 36.3 Å². The molecule has 4 rings (SSSR count). The summed E-state index contributed by atoms with van der Waals surface area (Å²) in [6, 6.07) is 17.6. The van der Waals surface area contributed by atoms with Gasteiger partial charge in [-0.05, 0) is 41.3 Å². The molecule has 1 aromatic heterocycles. The molecule has 6 nitrogen and oxygen atoms in total. The number of morpholine rings is 1. The number of benzene rings is 2. The molecule has 0 radical (unpaired) electrons. The molecule has 168 valence electrons. The predicted molar refractivity (Wildman–Crippen MR) is 125 cm³/mol. The lowest BCUT2D eigenvalue weighted by molar-refractivity contribution is 0.0162. The van der Waals surface area contributed by atoms with E-state index < -0.39 is 0 Å². The zero-order chi connectivity index (χ0) is 22.5. The van der Waals surface area contributed by atoms with E-state index in [-0.39, 0.29) is 17.6 Å². The van der Waals surface area contributed by atoms with E-state index in [1.54, 1.807) is 18.2 Å². The Morgan fingerprint density at radius 1 is 1.06 bits per heavy atom. The second-order valence-corrected chi connectivity index (χ2v) is 8.72. The van der Waals surface area contributed by atoms with E-state index in [4.69, 9.17) is 20.9 Å². The van der Waals surface area contributed by atoms with Crippen LogP contribution in [0.4, 0.5) is 0 Å². The Balaban J connectivity index is 1.46. The number of ether oxygens (including phenoxy) is 1. The summed E-state index contributed by atoms with van der Waals surface area (Å²) in [5, 5.41) is 7.64. The van der Waals surface area contributed by atoms with Gasteiger partial charge in [0.2, 0.25) is 0 Å². The molecular weight excluding hydrogens is 426 g/mol. The number of amides is 1. The summed E-state index contributed by atoms with van der Waals surface area (Å²) in [6.07, 6.45) is 0. The van der Waals surface area contributed by atoms with Crippen molar-refractivity contribution in [1.82, 2.24) is 15.4 Å². The quantitative estimate of drug-likeness (QED) is 0.549. The second-order valence-electron chi connectivity index (χ2n) is 8.28. The van der Waals surface area contributed by atoms with Crippen LogP contribution >= 0.6 is 11.6 Å². The number of aromatic nitrogens is 1. The summed E-state index contributed by atoms with van der Waals surface area (Å²) in [5.41, 5.74) is 3.55. The fourth-order valence-corrected chi connectivity index (χ4v) is 3.99. The van der Waals surface area contributed by atoms with Gasteiger partial charge in [0.1, 0.15) is 0 Å². The minimum absolute atomic E-state index is 0.0618. The fraction of sp³-hybridized carbons (Fsp3) is 0.360. The minimum Gasteiger partial charge on any atom is -0.379 e. The van der Waals surface area contributed by atoms with Crippen molar-refractivity contribution in [2.45, 2.75) is 25.8 Å². The van der Waals surface area contributed by atoms with Crippen molar-refractivity contribution in [3.63, 3.8) is 0 Å². The lowest BCUT2D eigenvalue weighted by Crippen LogP contribution is -2.43. The van der Waals surface area contributed by atoms with Crippen LogP contribution < -0.4 is 5.32 Å². The van der Waals surface area contributed by atoms with Crippen LogP contribution in [0, 0.1) is 0 Å². The Morgan fingerprint density at radius 2 is 1.72 bits per heavy atom. The molecule has 1 aliphatic rings. The molecule has 1 saturated heterocycles. The molecule has 1 fully saturated rings. The first-order valence-electron chi connectivity index (χ1n) is 10.9. The van der Waals surface area contributed by atoms with Crippen molar-refractivity contribution in [2.75, 3.05) is 32.8 Å². The molecule has 0 spiro atoms. The number of rotatable bonds is 7. The lowest BCUT2D eigenvalue weighted by Gasteiger charge is -2.35. The summed E-state index contributed by atoms with van der Waals surface area (Å²) in [5.74, 6) is 0.749. The van der Waals surface area contributed by atoms with Crippen LogP contribution in [-0.4, -0.2) is 48.8 Å². The van der Waals surface area contributed by atoms with Gasteiger partial charge in [-0.15, -0.1) is 0 Å². The first kappa shape index (κ1) is 22.5. The molecule has 1 amide bonds. The van der Waals surface area contributed by atoms with Crippen LogP contribution in [0.5, 0.6) is 0 Å². The number of hydrogen-bond acceptors (Lipinski definition) is 5. The summed E-state index contributed by atoms with van der Waals surface area (Å²) in [6.45, 7) is 7.90. The Bertz CT molecular complexity index is 1030. The number of nitrogens with one attached hydrogen (secondary N) is 1. The molecule has 1 aliphatic heterocycles. The third-order valence-corrected chi connectivity index (χ3v) is 6.05. The Kier molecular flexibility index (Phi) is 7.25. The molecule has 2 aromatic carbocycles. The van der Waals surface area contributed by atoms with Crippen LogP contribution in [0.1, 0.15) is 47.4 Å². The van der Waals surface area contributed by atoms with E-state index >= 15 is 0 Å². The van der Waals surface area contributed by atoms with Crippen molar-refractivity contribution >= 4 is 17.5 Å². The maximum absolute atomic E-state index is 12.8. The van der Waals surface area contributed by atoms with Gasteiger partial charge in [0.05, 0.1) is 19.3 Å². The number of carbonyl (C=O) groups excluding carboxylic acids is 1. The third-order valence-electron chi connectivity index (χ3n) is 5.80. The molecule has 1 atom stereocenters. The summed E-state index contributed by atoms with van der Waals surface area (Å²) < 4.78 is 10.9. The van der Waals surface area contributed by atoms with Crippen molar-refractivity contribution in [3.8, 4) is 11.3 Å². The average Bonchev–Trinajstić information content (AvgIpc) is 3.31. The molecular formula is C25H28ClN3O3. The van der Waals surface area contributed by atoms with Crippen molar-refractivity contribution < 1.29 is 14.1 Å². The number of carbonyl (C=O) groups is 1. The zero-order valence-electron chi connectivity index (χ0n) is 18.4. The van der Waals surface area contributed by atoms with Crippen LogP contribution in [0.3, 0.4) is 0 Å². The average molecular weight is 454 g/mol. The minimum atomic E-state index is -0.258. The van der Waals surface area contributed by atoms with E-state index in [0.717, 1.165) is 18.7 Å². The maximum atomic E-state index is 12.8. The molecule has 32 heavy (non-hydrogen) atoms. The van der Waals surface area contributed by atoms with E-state index in [1.165, 1.54) is 11.1 Å². The first-order valence-corrected chi connectivity index (χ1v) is 11.3. The van der Waals surface area contributed by atoms with Gasteiger partial charge in [-0.1, -0.05) is 54.9 Å². The fourth-order valence-electron chi connectivity index (χ4n) is 3.86. The van der Waals surface area contributed by atoms with E-state index in [2.05, 4.69) is 53.5 Å². The number of halogens is 1. The van der Waals surface area contributed by atoms with Gasteiger partial charge in [-0.2, -0.15) is 0 Å². The third kappa shape index (κ3) is 5.38. The Labute approximate surface area is 193 Å². The van der Waals surface area contributed by atoms with E-state index in [1.807, 2.05) is 12.1 Å². The topological polar surface area (TPSA) is 67.6 Å². The highest BCUT2D eigenvalue weighted by Gasteiger charge is 2.24. The van der Waals surface area contributed by atoms with Crippen LogP contribution in [0.2, 0.25) is 5.02 Å². The lowest BCUT2D eigenvalue weighted by atomic mass is 9.98. The van der Waals surface area contributed by atoms with Crippen molar-refractivity contribution in [3.05, 3.63) is 76.4 Å². The van der Waals surface area contributed by atoms with Crippen LogP contribution in [0.25, 0.3) is 11.3 Å². The summed E-state index contributed by atoms with van der Waals surface area (Å²) in [7, 11) is 0. The van der Waals surface area contributed by atoms with Gasteiger partial charge < -0.3 is 14.6 Å². The van der Waals surface area contributed by atoms with Gasteiger partial charge in [0.25, 0.3) is 5.91 Å². The van der Waals surface area contributed by atoms with Gasteiger partial charge in [0.15, 0.2) is 11.5 Å². The van der Waals surface area contributed by atoms with E-state index in [9.17, 15) is 4.79 Å². The number of hydrogen-bond donors (Lipinski definition) is 1. The SMILES string of the molecule is CC(C)c1ccc(C(CNC(=O)c2cc(-c3ccc(Cl)cc3)on2)N2CCOCC2)cc1. The number of nitrogens with zero attached hydrogens (tertiary/aromatic N) is 2. The van der Waals surface area contributed by atoms with Gasteiger partial charge in [-0.3, -0.25) is 9.69 Å². The van der Waals surface area contributed by atoms with E-state index in [0.29, 0.717) is 36.5 Å². The highest BCUT2D eigenvalue weighted by molar-refractivity contribution is 6.30. The molecule has 0 aliphatic carbocycles.